The topological polar surface area (TPSA) is 111 Å². The molecule has 25 heavy (non-hydrogen) atoms. The molecule has 0 unspecified atom stereocenters. The second-order valence-electron chi connectivity index (χ2n) is 4.98. The number of nitrogens with zero attached hydrogens (tertiary/aromatic N) is 2. The van der Waals surface area contributed by atoms with Crippen LogP contribution in [0, 0.1) is 0 Å². The largest absolute Gasteiger partial charge is 0.545 e. The number of carbonyl (C=O) groups excluding carboxylic acids is 2. The van der Waals surface area contributed by atoms with Gasteiger partial charge in [-0.2, -0.15) is 18.3 Å². The first kappa shape index (κ1) is 16.4. The van der Waals surface area contributed by atoms with E-state index in [9.17, 15) is 27.9 Å². The van der Waals surface area contributed by atoms with E-state index in [2.05, 4.69) is 20.5 Å². The number of nitrogens with one attached hydrogen (secondary N) is 2. The van der Waals surface area contributed by atoms with Crippen LogP contribution in [0.15, 0.2) is 36.4 Å². The molecule has 2 heterocycles. The van der Waals surface area contributed by atoms with Crippen LogP contribution in [-0.2, 0) is 6.18 Å². The van der Waals surface area contributed by atoms with Crippen LogP contribution in [0.2, 0.25) is 0 Å². The van der Waals surface area contributed by atoms with Gasteiger partial charge in [0.15, 0.2) is 5.82 Å². The third-order valence-electron chi connectivity index (χ3n) is 3.30. The van der Waals surface area contributed by atoms with E-state index in [1.54, 1.807) is 0 Å². The molecule has 0 atom stereocenters. The van der Waals surface area contributed by atoms with Gasteiger partial charge in [0.05, 0.1) is 11.5 Å². The number of pyridine rings is 1. The number of aromatic carboxylic acids is 1. The van der Waals surface area contributed by atoms with Crippen molar-refractivity contribution < 1.29 is 27.9 Å². The van der Waals surface area contributed by atoms with E-state index in [-0.39, 0.29) is 11.4 Å². The fourth-order valence-electron chi connectivity index (χ4n) is 2.13. The van der Waals surface area contributed by atoms with Crippen molar-refractivity contribution in [3.63, 3.8) is 0 Å². The summed E-state index contributed by atoms with van der Waals surface area (Å²) in [5.74, 6) is -2.23. The van der Waals surface area contributed by atoms with Gasteiger partial charge in [0.1, 0.15) is 11.4 Å². The van der Waals surface area contributed by atoms with Gasteiger partial charge in [0.25, 0.3) is 5.91 Å². The zero-order chi connectivity index (χ0) is 18.2. The van der Waals surface area contributed by atoms with Gasteiger partial charge in [0.2, 0.25) is 0 Å². The van der Waals surface area contributed by atoms with E-state index in [1.165, 1.54) is 18.2 Å². The number of aromatic amines is 1. The Bertz CT molecular complexity index is 982. The van der Waals surface area contributed by atoms with E-state index in [0.29, 0.717) is 10.9 Å². The molecular weight excluding hydrogens is 341 g/mol. The number of alkyl halides is 3. The Kier molecular flexibility index (Phi) is 3.87. The molecule has 0 bridgehead atoms. The number of carboxylic acids is 1. The predicted molar refractivity (Wildman–Crippen MR) is 77.6 cm³/mol. The Morgan fingerprint density at radius 3 is 2.60 bits per heavy atom. The zero-order valence-electron chi connectivity index (χ0n) is 12.2. The van der Waals surface area contributed by atoms with Crippen LogP contribution in [0.5, 0.6) is 0 Å². The van der Waals surface area contributed by atoms with Crippen molar-refractivity contribution >= 4 is 28.6 Å². The minimum atomic E-state index is -4.67. The van der Waals surface area contributed by atoms with Gasteiger partial charge in [-0.05, 0) is 29.8 Å². The normalized spacial score (nSPS) is 11.5. The number of anilines is 1. The standard InChI is InChI=1S/C15H9F3N4O3/c16-15(17,18)11-3-1-2-9(19-11)13(23)20-12-8-5-4-7(14(24)25)6-10(8)21-22-12/h1-6H,(H,24,25)(H2,20,21,22,23)/p-1. The maximum Gasteiger partial charge on any atom is 0.433 e. The summed E-state index contributed by atoms with van der Waals surface area (Å²) in [6, 6.07) is 6.86. The first-order valence-electron chi connectivity index (χ1n) is 6.81. The highest BCUT2D eigenvalue weighted by Crippen LogP contribution is 2.27. The fourth-order valence-corrected chi connectivity index (χ4v) is 2.13. The van der Waals surface area contributed by atoms with Gasteiger partial charge in [-0.3, -0.25) is 9.89 Å². The monoisotopic (exact) mass is 349 g/mol. The first-order valence-corrected chi connectivity index (χ1v) is 6.81. The number of carboxylic acid groups (broad SMARTS) is 1. The highest BCUT2D eigenvalue weighted by atomic mass is 19.4. The summed E-state index contributed by atoms with van der Waals surface area (Å²) in [6.45, 7) is 0. The highest BCUT2D eigenvalue weighted by Gasteiger charge is 2.33. The van der Waals surface area contributed by atoms with Crippen LogP contribution in [0.25, 0.3) is 10.9 Å². The quantitative estimate of drug-likeness (QED) is 0.746. The number of H-pyrrole nitrogens is 1. The number of halogens is 3. The number of hydrogen-bond acceptors (Lipinski definition) is 5. The molecule has 128 valence electrons. The van der Waals surface area contributed by atoms with Crippen LogP contribution in [0.4, 0.5) is 19.0 Å². The number of aromatic nitrogens is 3. The maximum absolute atomic E-state index is 12.7. The van der Waals surface area contributed by atoms with Crippen molar-refractivity contribution in [2.75, 3.05) is 5.32 Å². The molecule has 1 aromatic carbocycles. The summed E-state index contributed by atoms with van der Waals surface area (Å²) in [4.78, 5) is 26.2. The van der Waals surface area contributed by atoms with Gasteiger partial charge in [-0.25, -0.2) is 4.98 Å². The van der Waals surface area contributed by atoms with Gasteiger partial charge in [0, 0.05) is 5.39 Å². The molecule has 0 aliphatic rings. The maximum atomic E-state index is 12.7. The molecule has 0 saturated heterocycles. The fraction of sp³-hybridized carbons (Fsp3) is 0.0667. The molecular formula is C15H8F3N4O3-. The summed E-state index contributed by atoms with van der Waals surface area (Å²) in [6.07, 6.45) is -4.67. The molecule has 1 amide bonds. The summed E-state index contributed by atoms with van der Waals surface area (Å²) in [5, 5.41) is 19.9. The van der Waals surface area contributed by atoms with Gasteiger partial charge in [-0.1, -0.05) is 12.1 Å². The lowest BCUT2D eigenvalue weighted by molar-refractivity contribution is -0.255. The second kappa shape index (κ2) is 5.89. The zero-order valence-corrected chi connectivity index (χ0v) is 12.2. The molecule has 3 aromatic rings. The van der Waals surface area contributed by atoms with Crippen LogP contribution in [-0.4, -0.2) is 27.1 Å². The third-order valence-corrected chi connectivity index (χ3v) is 3.30. The molecule has 7 nitrogen and oxygen atoms in total. The smallest absolute Gasteiger partial charge is 0.433 e. The third kappa shape index (κ3) is 3.27. The summed E-state index contributed by atoms with van der Waals surface area (Å²) >= 11 is 0. The van der Waals surface area contributed by atoms with Gasteiger partial charge in [-0.15, -0.1) is 0 Å². The van der Waals surface area contributed by atoms with Crippen molar-refractivity contribution in [1.29, 1.82) is 0 Å². The number of hydrogen-bond donors (Lipinski definition) is 2. The lowest BCUT2D eigenvalue weighted by Gasteiger charge is -2.07. The van der Waals surface area contributed by atoms with Crippen molar-refractivity contribution in [2.24, 2.45) is 0 Å². The van der Waals surface area contributed by atoms with Crippen molar-refractivity contribution in [1.82, 2.24) is 15.2 Å². The highest BCUT2D eigenvalue weighted by molar-refractivity contribution is 6.07. The van der Waals surface area contributed by atoms with Crippen LogP contribution >= 0.6 is 0 Å². The van der Waals surface area contributed by atoms with E-state index in [4.69, 9.17) is 0 Å². The molecule has 10 heteroatoms. The minimum Gasteiger partial charge on any atom is -0.545 e. The lowest BCUT2D eigenvalue weighted by Crippen LogP contribution is -2.21. The Balaban J connectivity index is 1.89. The number of amides is 1. The number of carbonyl (C=O) groups is 2. The molecule has 0 aliphatic heterocycles. The number of benzene rings is 1. The lowest BCUT2D eigenvalue weighted by atomic mass is 10.1. The number of fused-ring (bicyclic) bond motifs is 1. The number of rotatable bonds is 3. The summed E-state index contributed by atoms with van der Waals surface area (Å²) in [7, 11) is 0. The Morgan fingerprint density at radius 1 is 1.16 bits per heavy atom. The molecule has 2 aromatic heterocycles. The van der Waals surface area contributed by atoms with Gasteiger partial charge >= 0.3 is 6.18 Å². The van der Waals surface area contributed by atoms with Crippen LogP contribution in [0.3, 0.4) is 0 Å². The second-order valence-corrected chi connectivity index (χ2v) is 4.98. The molecule has 0 spiro atoms. The first-order chi connectivity index (χ1) is 11.8. The predicted octanol–water partition coefficient (Wildman–Crippen LogP) is 1.59. The summed E-state index contributed by atoms with van der Waals surface area (Å²) < 4.78 is 38.0. The average Bonchev–Trinajstić information content (AvgIpc) is 2.96. The van der Waals surface area contributed by atoms with Crippen molar-refractivity contribution in [2.45, 2.75) is 6.18 Å². The molecule has 0 aliphatic carbocycles. The average molecular weight is 349 g/mol. The Labute approximate surface area is 137 Å². The van der Waals surface area contributed by atoms with Crippen LogP contribution in [0.1, 0.15) is 26.5 Å². The van der Waals surface area contributed by atoms with Crippen molar-refractivity contribution in [3.05, 3.63) is 53.3 Å². The Morgan fingerprint density at radius 2 is 1.92 bits per heavy atom. The van der Waals surface area contributed by atoms with E-state index >= 15 is 0 Å². The molecule has 2 N–H and O–H groups in total. The van der Waals surface area contributed by atoms with Crippen LogP contribution < -0.4 is 10.4 Å². The minimum absolute atomic E-state index is 0.0316. The summed E-state index contributed by atoms with van der Waals surface area (Å²) in [5.41, 5.74) is -1.40. The molecule has 0 saturated carbocycles. The molecule has 0 radical (unpaired) electrons. The Hall–Kier alpha value is -3.43. The SMILES string of the molecule is O=C([O-])c1ccc2c(NC(=O)c3cccc(C(F)(F)F)n3)n[nH]c2c1. The van der Waals surface area contributed by atoms with Gasteiger partial charge < -0.3 is 15.2 Å². The molecule has 3 rings (SSSR count). The van der Waals surface area contributed by atoms with Crippen molar-refractivity contribution in [3.8, 4) is 0 Å². The van der Waals surface area contributed by atoms with E-state index in [1.807, 2.05) is 0 Å². The van der Waals surface area contributed by atoms with E-state index in [0.717, 1.165) is 18.2 Å². The molecule has 0 fully saturated rings. The van der Waals surface area contributed by atoms with E-state index < -0.39 is 29.4 Å².